The molecule has 4 rings (SSSR count). The maximum absolute atomic E-state index is 12.6. The van der Waals surface area contributed by atoms with Gasteiger partial charge in [-0.2, -0.15) is 0 Å². The lowest BCUT2D eigenvalue weighted by molar-refractivity contribution is 0.102. The van der Waals surface area contributed by atoms with Crippen molar-refractivity contribution in [3.8, 4) is 11.3 Å². The molecule has 1 aliphatic rings. The van der Waals surface area contributed by atoms with Crippen LogP contribution in [0.2, 0.25) is 0 Å². The molecule has 2 heterocycles. The molecule has 0 aliphatic carbocycles. The van der Waals surface area contributed by atoms with Crippen molar-refractivity contribution >= 4 is 17.3 Å². The van der Waals surface area contributed by atoms with E-state index in [1.54, 1.807) is 6.20 Å². The van der Waals surface area contributed by atoms with Gasteiger partial charge in [0.25, 0.3) is 5.91 Å². The third-order valence-corrected chi connectivity index (χ3v) is 4.75. The number of aryl methyl sites for hydroxylation is 1. The van der Waals surface area contributed by atoms with Gasteiger partial charge in [-0.1, -0.05) is 44.2 Å². The van der Waals surface area contributed by atoms with Gasteiger partial charge in [0.1, 0.15) is 0 Å². The Morgan fingerprint density at radius 1 is 1.11 bits per heavy atom. The quantitative estimate of drug-likeness (QED) is 0.572. The number of pyridine rings is 1. The van der Waals surface area contributed by atoms with E-state index in [2.05, 4.69) is 22.5 Å². The van der Waals surface area contributed by atoms with Crippen LogP contribution in [0.5, 0.6) is 0 Å². The molecular formula is C24H31N3O. The topological polar surface area (TPSA) is 54.0 Å². The monoisotopic (exact) mass is 377 g/mol. The lowest BCUT2D eigenvalue weighted by Gasteiger charge is -2.21. The summed E-state index contributed by atoms with van der Waals surface area (Å²) in [5, 5.41) is 6.41. The second kappa shape index (κ2) is 9.18. The largest absolute Gasteiger partial charge is 0.385 e. The van der Waals surface area contributed by atoms with E-state index in [0.717, 1.165) is 42.0 Å². The Morgan fingerprint density at radius 3 is 2.61 bits per heavy atom. The average Bonchev–Trinajstić information content (AvgIpc) is 2.76. The Balaban J connectivity index is 0.00000109. The minimum Gasteiger partial charge on any atom is -0.385 e. The third-order valence-electron chi connectivity index (χ3n) is 4.75. The number of fused-ring (bicyclic) bond motifs is 1. The molecule has 0 atom stereocenters. The summed E-state index contributed by atoms with van der Waals surface area (Å²) in [5.41, 5.74) is 6.95. The summed E-state index contributed by atoms with van der Waals surface area (Å²) in [5.74, 6) is -0.146. The Kier molecular flexibility index (Phi) is 6.43. The zero-order valence-electron chi connectivity index (χ0n) is 16.8. The fourth-order valence-corrected chi connectivity index (χ4v) is 3.38. The SMILES string of the molecule is CC.Cc1cc(NC(=O)c2ccc(-c3ccccc3)nc2)cc2c1CCCN2.[HH].[HH]. The molecule has 2 N–H and O–H groups in total. The van der Waals surface area contributed by atoms with Crippen LogP contribution in [-0.2, 0) is 6.42 Å². The highest BCUT2D eigenvalue weighted by Gasteiger charge is 2.14. The second-order valence-corrected chi connectivity index (χ2v) is 6.60. The minimum atomic E-state index is -0.146. The van der Waals surface area contributed by atoms with Crippen molar-refractivity contribution in [2.45, 2.75) is 33.6 Å². The number of anilines is 2. The van der Waals surface area contributed by atoms with E-state index in [9.17, 15) is 4.79 Å². The van der Waals surface area contributed by atoms with Gasteiger partial charge in [-0.15, -0.1) is 0 Å². The van der Waals surface area contributed by atoms with Crippen LogP contribution in [-0.4, -0.2) is 17.4 Å². The van der Waals surface area contributed by atoms with Crippen LogP contribution in [0.15, 0.2) is 60.8 Å². The summed E-state index contributed by atoms with van der Waals surface area (Å²) in [4.78, 5) is 17.0. The summed E-state index contributed by atoms with van der Waals surface area (Å²) in [6.45, 7) is 7.08. The maximum atomic E-state index is 12.6. The van der Waals surface area contributed by atoms with E-state index in [1.165, 1.54) is 11.1 Å². The molecule has 0 unspecified atom stereocenters. The van der Waals surface area contributed by atoms with Gasteiger partial charge >= 0.3 is 0 Å². The number of aromatic nitrogens is 1. The summed E-state index contributed by atoms with van der Waals surface area (Å²) >= 11 is 0. The number of hydrogen-bond acceptors (Lipinski definition) is 3. The zero-order valence-corrected chi connectivity index (χ0v) is 16.8. The first kappa shape index (κ1) is 19.6. The van der Waals surface area contributed by atoms with Gasteiger partial charge in [0.05, 0.1) is 11.3 Å². The first-order chi connectivity index (χ1) is 13.7. The maximum Gasteiger partial charge on any atom is 0.257 e. The summed E-state index contributed by atoms with van der Waals surface area (Å²) in [7, 11) is 0. The van der Waals surface area contributed by atoms with Gasteiger partial charge < -0.3 is 10.6 Å². The second-order valence-electron chi connectivity index (χ2n) is 6.60. The molecule has 0 spiro atoms. The van der Waals surface area contributed by atoms with Crippen LogP contribution in [0.25, 0.3) is 11.3 Å². The van der Waals surface area contributed by atoms with Crippen LogP contribution in [0.1, 0.15) is 44.6 Å². The molecule has 0 radical (unpaired) electrons. The predicted octanol–water partition coefficient (Wildman–Crippen LogP) is 6.19. The summed E-state index contributed by atoms with van der Waals surface area (Å²) < 4.78 is 0. The number of nitrogens with one attached hydrogen (secondary N) is 2. The highest BCUT2D eigenvalue weighted by molar-refractivity contribution is 6.04. The molecule has 4 heteroatoms. The summed E-state index contributed by atoms with van der Waals surface area (Å²) in [6.07, 6.45) is 3.87. The zero-order chi connectivity index (χ0) is 19.9. The molecule has 2 aromatic carbocycles. The molecule has 0 saturated carbocycles. The molecule has 1 aliphatic heterocycles. The first-order valence-corrected chi connectivity index (χ1v) is 9.91. The number of amides is 1. The standard InChI is InChI=1S/C22H21N3O.C2H6.2H2/c1-15-12-18(13-21-19(15)8-5-11-23-21)25-22(26)17-9-10-20(24-14-17)16-6-3-2-4-7-16;1-2;;/h2-4,6-7,9-10,12-14,23H,5,8,11H2,1H3,(H,25,26);1-2H3;2*1H. The Morgan fingerprint density at radius 2 is 1.89 bits per heavy atom. The molecule has 3 aromatic rings. The van der Waals surface area contributed by atoms with E-state index < -0.39 is 0 Å². The highest BCUT2D eigenvalue weighted by Crippen LogP contribution is 2.29. The Bertz CT molecular complexity index is 945. The molecule has 1 amide bonds. The molecular weight excluding hydrogens is 346 g/mol. The lowest BCUT2D eigenvalue weighted by Crippen LogP contribution is -2.16. The van der Waals surface area contributed by atoms with Crippen LogP contribution in [0, 0.1) is 6.92 Å². The van der Waals surface area contributed by atoms with Crippen molar-refractivity contribution in [2.75, 3.05) is 17.2 Å². The Labute approximate surface area is 170 Å². The molecule has 4 nitrogen and oxygen atoms in total. The molecule has 0 bridgehead atoms. The summed E-state index contributed by atoms with van der Waals surface area (Å²) in [6, 6.07) is 17.7. The predicted molar refractivity (Wildman–Crippen MR) is 121 cm³/mol. The van der Waals surface area contributed by atoms with Crippen LogP contribution < -0.4 is 10.6 Å². The molecule has 148 valence electrons. The van der Waals surface area contributed by atoms with Gasteiger partial charge in [-0.3, -0.25) is 9.78 Å². The minimum absolute atomic E-state index is 0. The van der Waals surface area contributed by atoms with Gasteiger partial charge in [0.2, 0.25) is 0 Å². The van der Waals surface area contributed by atoms with Crippen molar-refractivity contribution in [3.05, 3.63) is 77.5 Å². The third kappa shape index (κ3) is 4.39. The van der Waals surface area contributed by atoms with Crippen molar-refractivity contribution in [2.24, 2.45) is 0 Å². The van der Waals surface area contributed by atoms with Gasteiger partial charge in [-0.05, 0) is 55.2 Å². The van der Waals surface area contributed by atoms with E-state index in [1.807, 2.05) is 68.4 Å². The van der Waals surface area contributed by atoms with Crippen LogP contribution >= 0.6 is 0 Å². The van der Waals surface area contributed by atoms with Crippen molar-refractivity contribution in [3.63, 3.8) is 0 Å². The van der Waals surface area contributed by atoms with Crippen LogP contribution in [0.3, 0.4) is 0 Å². The molecule has 0 saturated heterocycles. The number of hydrogen-bond donors (Lipinski definition) is 2. The highest BCUT2D eigenvalue weighted by atomic mass is 16.1. The number of carbonyl (C=O) groups is 1. The Hall–Kier alpha value is -3.14. The number of carbonyl (C=O) groups excluding carboxylic acids is 1. The van der Waals surface area contributed by atoms with Crippen molar-refractivity contribution in [1.82, 2.24) is 4.98 Å². The fraction of sp³-hybridized carbons (Fsp3) is 0.250. The van der Waals surface area contributed by atoms with Gasteiger partial charge in [-0.25, -0.2) is 0 Å². The smallest absolute Gasteiger partial charge is 0.257 e. The normalized spacial score (nSPS) is 12.1. The fourth-order valence-electron chi connectivity index (χ4n) is 3.38. The average molecular weight is 378 g/mol. The van der Waals surface area contributed by atoms with E-state index in [-0.39, 0.29) is 8.76 Å². The number of benzene rings is 2. The van der Waals surface area contributed by atoms with Crippen molar-refractivity contribution < 1.29 is 7.65 Å². The molecule has 1 aromatic heterocycles. The van der Waals surface area contributed by atoms with Crippen molar-refractivity contribution in [1.29, 1.82) is 0 Å². The van der Waals surface area contributed by atoms with Gasteiger partial charge in [0.15, 0.2) is 0 Å². The van der Waals surface area contributed by atoms with E-state index >= 15 is 0 Å². The van der Waals surface area contributed by atoms with E-state index in [0.29, 0.717) is 5.56 Å². The number of rotatable bonds is 3. The van der Waals surface area contributed by atoms with Crippen LogP contribution in [0.4, 0.5) is 11.4 Å². The molecule has 28 heavy (non-hydrogen) atoms. The lowest BCUT2D eigenvalue weighted by atomic mass is 9.97. The van der Waals surface area contributed by atoms with Gasteiger partial charge in [0, 0.05) is 32.5 Å². The molecule has 0 fully saturated rings. The number of nitrogens with zero attached hydrogens (tertiary/aromatic N) is 1. The van der Waals surface area contributed by atoms with E-state index in [4.69, 9.17) is 0 Å². The first-order valence-electron chi connectivity index (χ1n) is 9.91.